The third kappa shape index (κ3) is 3.99. The predicted octanol–water partition coefficient (Wildman–Crippen LogP) is 4.35. The lowest BCUT2D eigenvalue weighted by Crippen LogP contribution is -2.49. The summed E-state index contributed by atoms with van der Waals surface area (Å²) in [5, 5.41) is 3.80. The van der Waals surface area contributed by atoms with E-state index in [1.807, 2.05) is 25.1 Å². The van der Waals surface area contributed by atoms with Crippen LogP contribution in [0.25, 0.3) is 0 Å². The van der Waals surface area contributed by atoms with Gasteiger partial charge in [-0.1, -0.05) is 23.2 Å². The summed E-state index contributed by atoms with van der Waals surface area (Å²) in [6.45, 7) is 5.56. The van der Waals surface area contributed by atoms with Gasteiger partial charge in [-0.3, -0.25) is 9.69 Å². The van der Waals surface area contributed by atoms with Gasteiger partial charge in [0.1, 0.15) is 0 Å². The minimum absolute atomic E-state index is 0.113. The van der Waals surface area contributed by atoms with Gasteiger partial charge in [-0.15, -0.1) is 0 Å². The van der Waals surface area contributed by atoms with E-state index < -0.39 is 23.1 Å². The van der Waals surface area contributed by atoms with Gasteiger partial charge in [0.05, 0.1) is 10.7 Å². The molecule has 1 atom stereocenters. The van der Waals surface area contributed by atoms with Crippen molar-refractivity contribution in [1.29, 1.82) is 0 Å². The molecule has 1 aromatic heterocycles. The van der Waals surface area contributed by atoms with E-state index in [1.165, 1.54) is 6.92 Å². The second-order valence-electron chi connectivity index (χ2n) is 6.70. The number of aldehydes is 1. The number of piperazine rings is 1. The SMILES string of the molecule is Cc1cc(N2CCN(C(C=O)n3nc(C(F)(F)F)c(Cl)c3C)CC2)ccc1Cl. The second-order valence-corrected chi connectivity index (χ2v) is 7.48. The quantitative estimate of drug-likeness (QED) is 0.670. The molecule has 0 spiro atoms. The van der Waals surface area contributed by atoms with Gasteiger partial charge in [0.25, 0.3) is 0 Å². The maximum absolute atomic E-state index is 13.1. The van der Waals surface area contributed by atoms with E-state index in [2.05, 4.69) is 10.00 Å². The minimum atomic E-state index is -4.67. The highest BCUT2D eigenvalue weighted by Crippen LogP contribution is 2.36. The van der Waals surface area contributed by atoms with Gasteiger partial charge >= 0.3 is 6.18 Å². The smallest absolute Gasteiger partial charge is 0.369 e. The van der Waals surface area contributed by atoms with Gasteiger partial charge in [0, 0.05) is 36.9 Å². The molecule has 1 fully saturated rings. The van der Waals surface area contributed by atoms with Crippen LogP contribution in [0.3, 0.4) is 0 Å². The molecule has 0 saturated carbocycles. The van der Waals surface area contributed by atoms with Crippen molar-refractivity contribution in [2.24, 2.45) is 0 Å². The maximum atomic E-state index is 13.1. The molecule has 1 unspecified atom stereocenters. The number of aromatic nitrogens is 2. The van der Waals surface area contributed by atoms with Crippen LogP contribution in [0.1, 0.15) is 23.1 Å². The predicted molar refractivity (Wildman–Crippen MR) is 102 cm³/mol. The number of hydrogen-bond donors (Lipinski definition) is 0. The molecule has 0 aliphatic carbocycles. The van der Waals surface area contributed by atoms with Crippen LogP contribution in [0.15, 0.2) is 18.2 Å². The number of hydrogen-bond acceptors (Lipinski definition) is 4. The zero-order chi connectivity index (χ0) is 20.6. The Bertz CT molecular complexity index is 876. The van der Waals surface area contributed by atoms with E-state index in [1.54, 1.807) is 4.90 Å². The number of nitrogens with zero attached hydrogens (tertiary/aromatic N) is 4. The van der Waals surface area contributed by atoms with Gasteiger partial charge in [-0.05, 0) is 37.6 Å². The number of carbonyl (C=O) groups is 1. The van der Waals surface area contributed by atoms with Crippen LogP contribution >= 0.6 is 23.2 Å². The highest BCUT2D eigenvalue weighted by Gasteiger charge is 2.39. The Kier molecular flexibility index (Phi) is 5.93. The number of carbonyl (C=O) groups excluding carboxylic acids is 1. The van der Waals surface area contributed by atoms with E-state index in [0.717, 1.165) is 15.9 Å². The number of aryl methyl sites for hydroxylation is 1. The van der Waals surface area contributed by atoms with Gasteiger partial charge in [-0.25, -0.2) is 4.68 Å². The molecule has 0 N–H and O–H groups in total. The highest BCUT2D eigenvalue weighted by molar-refractivity contribution is 6.32. The zero-order valence-corrected chi connectivity index (χ0v) is 16.8. The molecule has 0 amide bonds. The lowest BCUT2D eigenvalue weighted by molar-refractivity contribution is -0.142. The average Bonchev–Trinajstić information content (AvgIpc) is 2.94. The summed E-state index contributed by atoms with van der Waals surface area (Å²) >= 11 is 11.9. The van der Waals surface area contributed by atoms with Crippen molar-refractivity contribution in [2.75, 3.05) is 31.1 Å². The summed E-state index contributed by atoms with van der Waals surface area (Å²) in [6.07, 6.45) is -5.02. The molecule has 1 aliphatic heterocycles. The first-order valence-corrected chi connectivity index (χ1v) is 9.41. The van der Waals surface area contributed by atoms with Crippen molar-refractivity contribution in [1.82, 2.24) is 14.7 Å². The van der Waals surface area contributed by atoms with Gasteiger partial charge in [0.15, 0.2) is 18.1 Å². The van der Waals surface area contributed by atoms with Gasteiger partial charge < -0.3 is 4.90 Å². The largest absolute Gasteiger partial charge is 0.436 e. The molecule has 1 aromatic carbocycles. The fraction of sp³-hybridized carbons (Fsp3) is 0.444. The topological polar surface area (TPSA) is 41.4 Å². The standard InChI is InChI=1S/C18H19Cl2F3N4O/c1-11-9-13(3-4-14(11)19)25-5-7-26(8-6-25)15(10-28)27-12(2)16(20)17(24-27)18(21,22)23/h3-4,9-10,15H,5-8H2,1-2H3. The van der Waals surface area contributed by atoms with Crippen molar-refractivity contribution >= 4 is 35.2 Å². The highest BCUT2D eigenvalue weighted by atomic mass is 35.5. The maximum Gasteiger partial charge on any atom is 0.436 e. The number of benzene rings is 1. The van der Waals surface area contributed by atoms with Crippen molar-refractivity contribution in [3.63, 3.8) is 0 Å². The third-order valence-corrected chi connectivity index (χ3v) is 5.79. The van der Waals surface area contributed by atoms with Crippen LogP contribution in [-0.4, -0.2) is 47.1 Å². The molecule has 3 rings (SSSR count). The first-order chi connectivity index (χ1) is 13.1. The van der Waals surface area contributed by atoms with Crippen molar-refractivity contribution in [3.05, 3.63) is 45.2 Å². The Hall–Kier alpha value is -1.77. The van der Waals surface area contributed by atoms with E-state index in [-0.39, 0.29) is 5.69 Å². The minimum Gasteiger partial charge on any atom is -0.369 e. The van der Waals surface area contributed by atoms with Crippen LogP contribution in [0.2, 0.25) is 10.0 Å². The average molecular weight is 435 g/mol. The summed E-state index contributed by atoms with van der Waals surface area (Å²) in [5.41, 5.74) is 0.923. The summed E-state index contributed by atoms with van der Waals surface area (Å²) in [6, 6.07) is 5.75. The number of rotatable bonds is 4. The molecule has 0 bridgehead atoms. The Labute approximate surface area is 170 Å². The fourth-order valence-corrected chi connectivity index (χ4v) is 3.65. The monoisotopic (exact) mass is 434 g/mol. The third-order valence-electron chi connectivity index (χ3n) is 4.91. The van der Waals surface area contributed by atoms with Crippen molar-refractivity contribution in [3.8, 4) is 0 Å². The molecule has 5 nitrogen and oxygen atoms in total. The second kappa shape index (κ2) is 7.93. The van der Waals surface area contributed by atoms with E-state index in [4.69, 9.17) is 23.2 Å². The normalized spacial score (nSPS) is 17.0. The molecular formula is C18H19Cl2F3N4O. The molecular weight excluding hydrogens is 416 g/mol. The van der Waals surface area contributed by atoms with Crippen LogP contribution in [-0.2, 0) is 11.0 Å². The van der Waals surface area contributed by atoms with Crippen LogP contribution < -0.4 is 4.90 Å². The fourth-order valence-electron chi connectivity index (χ4n) is 3.31. The lowest BCUT2D eigenvalue weighted by atomic mass is 10.2. The Morgan fingerprint density at radius 3 is 2.29 bits per heavy atom. The van der Waals surface area contributed by atoms with E-state index >= 15 is 0 Å². The molecule has 152 valence electrons. The Balaban J connectivity index is 1.77. The molecule has 10 heteroatoms. The molecule has 0 radical (unpaired) electrons. The lowest BCUT2D eigenvalue weighted by Gasteiger charge is -2.38. The molecule has 1 saturated heterocycles. The van der Waals surface area contributed by atoms with Gasteiger partial charge in [-0.2, -0.15) is 18.3 Å². The molecule has 1 aliphatic rings. The van der Waals surface area contributed by atoms with E-state index in [0.29, 0.717) is 37.5 Å². The molecule has 28 heavy (non-hydrogen) atoms. The zero-order valence-electron chi connectivity index (χ0n) is 15.3. The van der Waals surface area contributed by atoms with Crippen LogP contribution in [0.5, 0.6) is 0 Å². The summed E-state index contributed by atoms with van der Waals surface area (Å²) in [7, 11) is 0. The first kappa shape index (κ1) is 21.0. The van der Waals surface area contributed by atoms with E-state index in [9.17, 15) is 18.0 Å². The summed E-state index contributed by atoms with van der Waals surface area (Å²) < 4.78 is 40.3. The Morgan fingerprint density at radius 2 is 1.79 bits per heavy atom. The Morgan fingerprint density at radius 1 is 1.14 bits per heavy atom. The van der Waals surface area contributed by atoms with Gasteiger partial charge in [0.2, 0.25) is 0 Å². The van der Waals surface area contributed by atoms with Crippen LogP contribution in [0.4, 0.5) is 18.9 Å². The van der Waals surface area contributed by atoms with Crippen LogP contribution in [0, 0.1) is 13.8 Å². The number of halogens is 5. The number of alkyl halides is 3. The van der Waals surface area contributed by atoms with Crippen molar-refractivity contribution < 1.29 is 18.0 Å². The van der Waals surface area contributed by atoms with Crippen molar-refractivity contribution in [2.45, 2.75) is 26.2 Å². The molecule has 2 heterocycles. The summed E-state index contributed by atoms with van der Waals surface area (Å²) in [4.78, 5) is 15.6. The number of anilines is 1. The molecule has 2 aromatic rings. The summed E-state index contributed by atoms with van der Waals surface area (Å²) in [5.74, 6) is 0. The first-order valence-electron chi connectivity index (χ1n) is 8.65.